The second-order valence-electron chi connectivity index (χ2n) is 7.85. The molecule has 2 aromatic carbocycles. The van der Waals surface area contributed by atoms with Crippen LogP contribution in [0.2, 0.25) is 0 Å². The largest absolute Gasteiger partial charge is 0.478 e. The fourth-order valence-corrected chi connectivity index (χ4v) is 4.09. The third-order valence-electron chi connectivity index (χ3n) is 5.60. The van der Waals surface area contributed by atoms with Gasteiger partial charge in [0.1, 0.15) is 0 Å². The van der Waals surface area contributed by atoms with E-state index < -0.39 is 24.5 Å². The number of hydrogen-bond acceptors (Lipinski definition) is 5. The number of nitrogens with one attached hydrogen (secondary N) is 1. The number of nitrogens with zero attached hydrogens (tertiary/aromatic N) is 1. The molecule has 0 aliphatic heterocycles. The fourth-order valence-electron chi connectivity index (χ4n) is 4.09. The average molecular weight is 432 g/mol. The Morgan fingerprint density at radius 2 is 1.75 bits per heavy atom. The highest BCUT2D eigenvalue weighted by molar-refractivity contribution is 6.06. The van der Waals surface area contributed by atoms with E-state index in [1.54, 1.807) is 6.07 Å². The van der Waals surface area contributed by atoms with Gasteiger partial charge in [0.05, 0.1) is 16.6 Å². The quantitative estimate of drug-likeness (QED) is 0.580. The molecule has 0 saturated carbocycles. The number of rotatable bonds is 5. The van der Waals surface area contributed by atoms with Crippen LogP contribution in [0.1, 0.15) is 57.7 Å². The van der Waals surface area contributed by atoms with Crippen LogP contribution in [0, 0.1) is 0 Å². The molecule has 0 fully saturated rings. The van der Waals surface area contributed by atoms with Gasteiger partial charge in [-0.15, -0.1) is 0 Å². The molecule has 0 bridgehead atoms. The first-order valence-electron chi connectivity index (χ1n) is 10.7. The lowest BCUT2D eigenvalue weighted by molar-refractivity contribution is -0.119. The number of benzene rings is 2. The lowest BCUT2D eigenvalue weighted by Gasteiger charge is -2.18. The number of carbonyl (C=O) groups is 3. The third-order valence-corrected chi connectivity index (χ3v) is 5.60. The van der Waals surface area contributed by atoms with E-state index in [2.05, 4.69) is 5.32 Å². The lowest BCUT2D eigenvalue weighted by atomic mass is 9.91. The lowest BCUT2D eigenvalue weighted by Crippen LogP contribution is -2.22. The number of amides is 1. The predicted molar refractivity (Wildman–Crippen MR) is 120 cm³/mol. The number of esters is 1. The molecule has 3 aromatic rings. The van der Waals surface area contributed by atoms with Gasteiger partial charge in [0.25, 0.3) is 5.91 Å². The van der Waals surface area contributed by atoms with Crippen molar-refractivity contribution in [2.75, 3.05) is 11.9 Å². The minimum Gasteiger partial charge on any atom is -0.478 e. The molecule has 0 atom stereocenters. The summed E-state index contributed by atoms with van der Waals surface area (Å²) in [7, 11) is 0. The van der Waals surface area contributed by atoms with E-state index in [4.69, 9.17) is 14.8 Å². The number of para-hydroxylation sites is 1. The van der Waals surface area contributed by atoms with E-state index in [-0.39, 0.29) is 5.56 Å². The first-order chi connectivity index (χ1) is 15.5. The molecule has 1 aliphatic carbocycles. The number of fused-ring (bicyclic) bond motifs is 2. The van der Waals surface area contributed by atoms with Gasteiger partial charge in [-0.05, 0) is 55.5 Å². The molecule has 2 N–H and O–H groups in total. The molecular weight excluding hydrogens is 408 g/mol. The number of aromatic carboxylic acids is 1. The van der Waals surface area contributed by atoms with Crippen LogP contribution < -0.4 is 5.32 Å². The van der Waals surface area contributed by atoms with E-state index in [9.17, 15) is 14.4 Å². The van der Waals surface area contributed by atoms with Crippen LogP contribution in [0.15, 0.2) is 48.5 Å². The Morgan fingerprint density at radius 3 is 2.56 bits per heavy atom. The predicted octanol–water partition coefficient (Wildman–Crippen LogP) is 4.39. The van der Waals surface area contributed by atoms with E-state index in [0.29, 0.717) is 11.3 Å². The Balaban J connectivity index is 1.54. The SMILES string of the molecule is O=C(COC(=O)c1c2c(nc3ccccc13)CCCCCC2)Nc1cccc(C(=O)O)c1. The first-order valence-corrected chi connectivity index (χ1v) is 10.7. The van der Waals surface area contributed by atoms with E-state index >= 15 is 0 Å². The van der Waals surface area contributed by atoms with Crippen LogP contribution in [-0.4, -0.2) is 34.5 Å². The van der Waals surface area contributed by atoms with Crippen LogP contribution in [0.5, 0.6) is 0 Å². The van der Waals surface area contributed by atoms with Gasteiger partial charge in [-0.25, -0.2) is 9.59 Å². The van der Waals surface area contributed by atoms with Gasteiger partial charge in [-0.3, -0.25) is 9.78 Å². The molecule has 164 valence electrons. The van der Waals surface area contributed by atoms with Crippen molar-refractivity contribution in [1.82, 2.24) is 4.98 Å². The van der Waals surface area contributed by atoms with Crippen molar-refractivity contribution in [2.24, 2.45) is 0 Å². The molecule has 7 nitrogen and oxygen atoms in total. The van der Waals surface area contributed by atoms with Crippen LogP contribution in [0.3, 0.4) is 0 Å². The smallest absolute Gasteiger partial charge is 0.339 e. The van der Waals surface area contributed by atoms with Crippen molar-refractivity contribution in [3.8, 4) is 0 Å². The van der Waals surface area contributed by atoms with Gasteiger partial charge >= 0.3 is 11.9 Å². The Morgan fingerprint density at radius 1 is 0.969 bits per heavy atom. The zero-order valence-electron chi connectivity index (χ0n) is 17.6. The fraction of sp³-hybridized carbons (Fsp3) is 0.280. The number of carboxylic acids is 1. The molecule has 32 heavy (non-hydrogen) atoms. The number of hydrogen-bond donors (Lipinski definition) is 2. The summed E-state index contributed by atoms with van der Waals surface area (Å²) in [5.41, 5.74) is 3.47. The molecular formula is C25H24N2O5. The summed E-state index contributed by atoms with van der Waals surface area (Å²) in [6, 6.07) is 13.4. The number of carboxylic acid groups (broad SMARTS) is 1. The summed E-state index contributed by atoms with van der Waals surface area (Å²) in [5, 5.41) is 12.4. The standard InChI is InChI=1S/C25H24N2O5/c28-22(26-17-9-7-8-16(14-17)24(29)30)15-32-25(31)23-18-10-3-1-2-4-12-20(18)27-21-13-6-5-11-19(21)23/h5-9,11,13-14H,1-4,10,12,15H2,(H,26,28)(H,29,30). The number of carbonyl (C=O) groups excluding carboxylic acids is 2. The Kier molecular flexibility index (Phi) is 6.44. The molecule has 1 heterocycles. The Hall–Kier alpha value is -3.74. The molecule has 0 saturated heterocycles. The zero-order chi connectivity index (χ0) is 22.5. The van der Waals surface area contributed by atoms with Crippen LogP contribution in [-0.2, 0) is 22.4 Å². The van der Waals surface area contributed by atoms with Gasteiger partial charge in [0.15, 0.2) is 6.61 Å². The summed E-state index contributed by atoms with van der Waals surface area (Å²) < 4.78 is 5.39. The second-order valence-corrected chi connectivity index (χ2v) is 7.85. The highest BCUT2D eigenvalue weighted by atomic mass is 16.5. The molecule has 0 spiro atoms. The van der Waals surface area contributed by atoms with E-state index in [0.717, 1.165) is 60.7 Å². The molecule has 4 rings (SSSR count). The summed E-state index contributed by atoms with van der Waals surface area (Å²) in [5.74, 6) is -2.18. The maximum Gasteiger partial charge on any atom is 0.339 e. The maximum atomic E-state index is 13.1. The highest BCUT2D eigenvalue weighted by Crippen LogP contribution is 2.29. The van der Waals surface area contributed by atoms with Crippen molar-refractivity contribution in [1.29, 1.82) is 0 Å². The molecule has 0 unspecified atom stereocenters. The molecule has 7 heteroatoms. The number of ether oxygens (including phenoxy) is 1. The summed E-state index contributed by atoms with van der Waals surface area (Å²) in [6.45, 7) is -0.471. The monoisotopic (exact) mass is 432 g/mol. The summed E-state index contributed by atoms with van der Waals surface area (Å²) in [6.07, 6.45) is 5.85. The number of aromatic nitrogens is 1. The minimum absolute atomic E-state index is 0.0571. The van der Waals surface area contributed by atoms with Gasteiger partial charge in [-0.2, -0.15) is 0 Å². The molecule has 0 radical (unpaired) electrons. The maximum absolute atomic E-state index is 13.1. The molecule has 1 aromatic heterocycles. The van der Waals surface area contributed by atoms with Crippen molar-refractivity contribution in [3.63, 3.8) is 0 Å². The van der Waals surface area contributed by atoms with Crippen molar-refractivity contribution < 1.29 is 24.2 Å². The number of pyridine rings is 1. The van der Waals surface area contributed by atoms with Crippen molar-refractivity contribution in [2.45, 2.75) is 38.5 Å². The first kappa shape index (κ1) is 21.5. The zero-order valence-corrected chi connectivity index (χ0v) is 17.6. The van der Waals surface area contributed by atoms with Gasteiger partial charge in [-0.1, -0.05) is 37.1 Å². The minimum atomic E-state index is -1.09. The van der Waals surface area contributed by atoms with Crippen molar-refractivity contribution >= 4 is 34.4 Å². The topological polar surface area (TPSA) is 106 Å². The van der Waals surface area contributed by atoms with Crippen LogP contribution in [0.25, 0.3) is 10.9 Å². The van der Waals surface area contributed by atoms with Crippen LogP contribution >= 0.6 is 0 Å². The highest BCUT2D eigenvalue weighted by Gasteiger charge is 2.23. The van der Waals surface area contributed by atoms with Gasteiger partial charge < -0.3 is 15.2 Å². The molecule has 1 aliphatic rings. The number of aryl methyl sites for hydroxylation is 1. The average Bonchev–Trinajstić information content (AvgIpc) is 2.77. The Labute approximate surface area is 185 Å². The molecule has 1 amide bonds. The summed E-state index contributed by atoms with van der Waals surface area (Å²) in [4.78, 5) is 41.3. The normalized spacial score (nSPS) is 13.5. The van der Waals surface area contributed by atoms with E-state index in [1.807, 2.05) is 24.3 Å². The van der Waals surface area contributed by atoms with Gasteiger partial charge in [0, 0.05) is 16.8 Å². The van der Waals surface area contributed by atoms with Crippen LogP contribution in [0.4, 0.5) is 5.69 Å². The van der Waals surface area contributed by atoms with E-state index in [1.165, 1.54) is 18.2 Å². The Bertz CT molecular complexity index is 1190. The third kappa shape index (κ3) is 4.77. The summed E-state index contributed by atoms with van der Waals surface area (Å²) >= 11 is 0. The number of anilines is 1. The van der Waals surface area contributed by atoms with Crippen molar-refractivity contribution in [3.05, 3.63) is 70.9 Å². The second kappa shape index (κ2) is 9.60. The van der Waals surface area contributed by atoms with Gasteiger partial charge in [0.2, 0.25) is 0 Å².